The number of hydrogen-bond acceptors (Lipinski definition) is 6. The van der Waals surface area contributed by atoms with Gasteiger partial charge in [0.1, 0.15) is 11.5 Å². The van der Waals surface area contributed by atoms with E-state index < -0.39 is 17.7 Å². The van der Waals surface area contributed by atoms with E-state index in [0.717, 1.165) is 40.6 Å². The zero-order valence-corrected chi connectivity index (χ0v) is 22.5. The zero-order chi connectivity index (χ0) is 26.8. The molecule has 38 heavy (non-hydrogen) atoms. The molecule has 0 radical (unpaired) electrons. The van der Waals surface area contributed by atoms with E-state index in [1.54, 1.807) is 24.3 Å². The number of benzene rings is 3. The lowest BCUT2D eigenvalue weighted by Crippen LogP contribution is -2.29. The lowest BCUT2D eigenvalue weighted by atomic mass is 9.95. The second kappa shape index (κ2) is 10.8. The van der Waals surface area contributed by atoms with Crippen LogP contribution in [0.25, 0.3) is 16.0 Å². The summed E-state index contributed by atoms with van der Waals surface area (Å²) in [6.45, 7) is 6.72. The fourth-order valence-corrected chi connectivity index (χ4v) is 6.04. The quantitative estimate of drug-likeness (QED) is 0.115. The van der Waals surface area contributed by atoms with Gasteiger partial charge in [0, 0.05) is 5.56 Å². The van der Waals surface area contributed by atoms with Crippen LogP contribution in [0.4, 0.5) is 5.13 Å². The molecule has 0 aliphatic carbocycles. The second-order valence-electron chi connectivity index (χ2n) is 9.59. The fourth-order valence-electron chi connectivity index (χ4n) is 4.88. The largest absolute Gasteiger partial charge is 0.507 e. The van der Waals surface area contributed by atoms with Gasteiger partial charge in [-0.1, -0.05) is 79.6 Å². The number of anilines is 1. The maximum Gasteiger partial charge on any atom is 0.301 e. The van der Waals surface area contributed by atoms with E-state index in [0.29, 0.717) is 28.6 Å². The van der Waals surface area contributed by atoms with E-state index in [-0.39, 0.29) is 11.3 Å². The van der Waals surface area contributed by atoms with Gasteiger partial charge >= 0.3 is 5.91 Å². The molecule has 0 saturated carbocycles. The molecular formula is C31H30N2O4S. The maximum atomic E-state index is 13.6. The maximum absolute atomic E-state index is 13.6. The Hall–Kier alpha value is -3.97. The van der Waals surface area contributed by atoms with Crippen molar-refractivity contribution in [3.63, 3.8) is 0 Å². The van der Waals surface area contributed by atoms with Crippen LogP contribution < -0.4 is 9.64 Å². The Morgan fingerprint density at radius 1 is 1.03 bits per heavy atom. The molecule has 5 rings (SSSR count). The molecule has 1 atom stereocenters. The molecule has 4 aromatic rings. The molecule has 1 fully saturated rings. The van der Waals surface area contributed by atoms with Crippen LogP contribution in [0.2, 0.25) is 0 Å². The summed E-state index contributed by atoms with van der Waals surface area (Å²) >= 11 is 1.37. The van der Waals surface area contributed by atoms with Crippen molar-refractivity contribution in [1.29, 1.82) is 0 Å². The van der Waals surface area contributed by atoms with Crippen molar-refractivity contribution in [1.82, 2.24) is 4.98 Å². The van der Waals surface area contributed by atoms with Crippen molar-refractivity contribution >= 4 is 44.1 Å². The van der Waals surface area contributed by atoms with Crippen LogP contribution in [0.3, 0.4) is 0 Å². The standard InChI is InChI=1S/C31H30N2O4S/c1-4-5-9-15-37-23-14-10-13-22(18-23)27-25(28(34)21-11-7-6-8-12-21)29(35)30(36)33(27)31-32-26-20(3)16-19(2)17-24(26)38-31/h6-8,10-14,16-18,27,34H,4-5,9,15H2,1-3H3. The van der Waals surface area contributed by atoms with Gasteiger partial charge < -0.3 is 9.84 Å². The van der Waals surface area contributed by atoms with Gasteiger partial charge in [-0.3, -0.25) is 14.5 Å². The molecule has 1 saturated heterocycles. The first-order chi connectivity index (χ1) is 18.4. The summed E-state index contributed by atoms with van der Waals surface area (Å²) in [5, 5.41) is 11.7. The highest BCUT2D eigenvalue weighted by atomic mass is 32.1. The van der Waals surface area contributed by atoms with Crippen molar-refractivity contribution < 1.29 is 19.4 Å². The van der Waals surface area contributed by atoms with Gasteiger partial charge in [0.25, 0.3) is 5.78 Å². The van der Waals surface area contributed by atoms with Crippen LogP contribution in [0.15, 0.2) is 72.3 Å². The third-order valence-electron chi connectivity index (χ3n) is 6.71. The van der Waals surface area contributed by atoms with Gasteiger partial charge in [0.2, 0.25) is 0 Å². The number of thiazole rings is 1. The summed E-state index contributed by atoms with van der Waals surface area (Å²) in [6, 6.07) is 19.5. The molecule has 1 N–H and O–H groups in total. The molecule has 0 bridgehead atoms. The number of nitrogens with zero attached hydrogens (tertiary/aromatic N) is 2. The topological polar surface area (TPSA) is 79.7 Å². The first-order valence-corrected chi connectivity index (χ1v) is 13.7. The Morgan fingerprint density at radius 2 is 1.82 bits per heavy atom. The van der Waals surface area contributed by atoms with Crippen LogP contribution in [-0.4, -0.2) is 28.4 Å². The molecular weight excluding hydrogens is 496 g/mol. The Balaban J connectivity index is 1.65. The van der Waals surface area contributed by atoms with Gasteiger partial charge in [-0.15, -0.1) is 0 Å². The number of carbonyl (C=O) groups excluding carboxylic acids is 2. The number of aryl methyl sites for hydroxylation is 2. The van der Waals surface area contributed by atoms with Gasteiger partial charge in [0.15, 0.2) is 5.13 Å². The molecule has 3 aromatic carbocycles. The Kier molecular flexibility index (Phi) is 7.29. The summed E-state index contributed by atoms with van der Waals surface area (Å²) in [4.78, 5) is 33.3. The van der Waals surface area contributed by atoms with Crippen LogP contribution in [-0.2, 0) is 9.59 Å². The minimum atomic E-state index is -0.851. The molecule has 1 amide bonds. The van der Waals surface area contributed by atoms with E-state index in [4.69, 9.17) is 9.72 Å². The molecule has 6 nitrogen and oxygen atoms in total. The number of rotatable bonds is 8. The normalized spacial score (nSPS) is 16.9. The molecule has 0 spiro atoms. The fraction of sp³-hybridized carbons (Fsp3) is 0.258. The van der Waals surface area contributed by atoms with Crippen molar-refractivity contribution in [3.8, 4) is 5.75 Å². The monoisotopic (exact) mass is 526 g/mol. The lowest BCUT2D eigenvalue weighted by Gasteiger charge is -2.23. The number of aliphatic hydroxyl groups excluding tert-OH is 1. The number of amides is 1. The number of aromatic nitrogens is 1. The van der Waals surface area contributed by atoms with Gasteiger partial charge in [-0.05, 0) is 55.2 Å². The molecule has 1 aliphatic rings. The lowest BCUT2D eigenvalue weighted by molar-refractivity contribution is -0.132. The summed E-state index contributed by atoms with van der Waals surface area (Å²) in [7, 11) is 0. The SMILES string of the molecule is CCCCCOc1cccc(C2C(=C(O)c3ccccc3)C(=O)C(=O)N2c2nc3c(C)cc(C)cc3s2)c1. The Morgan fingerprint density at radius 3 is 2.58 bits per heavy atom. The Labute approximate surface area is 226 Å². The third-order valence-corrected chi connectivity index (χ3v) is 7.71. The number of ketones is 1. The van der Waals surface area contributed by atoms with Gasteiger partial charge in [-0.2, -0.15) is 0 Å². The number of Topliss-reactive ketones (excluding diaryl/α,β-unsaturated/α-hetero) is 1. The predicted octanol–water partition coefficient (Wildman–Crippen LogP) is 7.11. The molecule has 1 aliphatic heterocycles. The van der Waals surface area contributed by atoms with E-state index in [9.17, 15) is 14.7 Å². The third kappa shape index (κ3) is 4.82. The number of hydrogen-bond donors (Lipinski definition) is 1. The van der Waals surface area contributed by atoms with Crippen LogP contribution in [0.1, 0.15) is 54.5 Å². The first-order valence-electron chi connectivity index (χ1n) is 12.9. The summed E-state index contributed by atoms with van der Waals surface area (Å²) in [5.41, 5.74) is 4.08. The first kappa shape index (κ1) is 25.7. The zero-order valence-electron chi connectivity index (χ0n) is 21.7. The van der Waals surface area contributed by atoms with Crippen LogP contribution in [0, 0.1) is 13.8 Å². The van der Waals surface area contributed by atoms with E-state index in [1.165, 1.54) is 16.2 Å². The van der Waals surface area contributed by atoms with Gasteiger partial charge in [0.05, 0.1) is 28.4 Å². The summed E-state index contributed by atoms with van der Waals surface area (Å²) in [6.07, 6.45) is 3.11. The number of aliphatic hydroxyl groups is 1. The van der Waals surface area contributed by atoms with E-state index in [2.05, 4.69) is 6.92 Å². The number of fused-ring (bicyclic) bond motifs is 1. The highest BCUT2D eigenvalue weighted by molar-refractivity contribution is 7.22. The average Bonchev–Trinajstić information content (AvgIpc) is 3.45. The second-order valence-corrected chi connectivity index (χ2v) is 10.6. The molecule has 1 unspecified atom stereocenters. The van der Waals surface area contributed by atoms with E-state index >= 15 is 0 Å². The van der Waals surface area contributed by atoms with Crippen LogP contribution >= 0.6 is 11.3 Å². The van der Waals surface area contributed by atoms with Crippen molar-refractivity contribution in [2.45, 2.75) is 46.1 Å². The summed E-state index contributed by atoms with van der Waals surface area (Å²) < 4.78 is 6.92. The minimum Gasteiger partial charge on any atom is -0.507 e. The smallest absolute Gasteiger partial charge is 0.301 e. The van der Waals surface area contributed by atoms with E-state index in [1.807, 2.05) is 56.3 Å². The van der Waals surface area contributed by atoms with Crippen molar-refractivity contribution in [3.05, 3.63) is 94.6 Å². The number of ether oxygens (including phenoxy) is 1. The van der Waals surface area contributed by atoms with Crippen molar-refractivity contribution in [2.24, 2.45) is 0 Å². The van der Waals surface area contributed by atoms with Gasteiger partial charge in [-0.25, -0.2) is 4.98 Å². The Bertz CT molecular complexity index is 1540. The van der Waals surface area contributed by atoms with Crippen molar-refractivity contribution in [2.75, 3.05) is 11.5 Å². The average molecular weight is 527 g/mol. The van der Waals surface area contributed by atoms with Crippen LogP contribution in [0.5, 0.6) is 5.75 Å². The molecule has 7 heteroatoms. The predicted molar refractivity (Wildman–Crippen MR) is 152 cm³/mol. The number of carbonyl (C=O) groups is 2. The number of unbranched alkanes of at least 4 members (excludes halogenated alkanes) is 2. The molecule has 2 heterocycles. The highest BCUT2D eigenvalue weighted by Crippen LogP contribution is 2.45. The molecule has 194 valence electrons. The minimum absolute atomic E-state index is 0.0384. The summed E-state index contributed by atoms with van der Waals surface area (Å²) in [5.74, 6) is -1.01. The highest BCUT2D eigenvalue weighted by Gasteiger charge is 2.48. The molecule has 1 aromatic heterocycles.